The van der Waals surface area contributed by atoms with Gasteiger partial charge >= 0.3 is 17.9 Å². The molecule has 38 heavy (non-hydrogen) atoms. The maximum Gasteiger partial charge on any atom is 0.326 e. The molecule has 2 unspecified atom stereocenters. The number of amides is 1. The Bertz CT molecular complexity index is 1260. The number of likely N-dealkylation sites (tertiary alicyclic amines) is 1. The van der Waals surface area contributed by atoms with Gasteiger partial charge in [-0.2, -0.15) is 0 Å². The highest BCUT2D eigenvalue weighted by atomic mass is 16.6. The van der Waals surface area contributed by atoms with E-state index in [1.807, 2.05) is 13.1 Å². The van der Waals surface area contributed by atoms with Crippen LogP contribution in [0.2, 0.25) is 0 Å². The number of carboxylic acid groups (broad SMARTS) is 1. The van der Waals surface area contributed by atoms with Crippen LogP contribution < -0.4 is 10.1 Å². The minimum absolute atomic E-state index is 0.0755. The van der Waals surface area contributed by atoms with Crippen molar-refractivity contribution >= 4 is 23.8 Å². The summed E-state index contributed by atoms with van der Waals surface area (Å²) in [6.07, 6.45) is -0.0615. The zero-order valence-electron chi connectivity index (χ0n) is 21.2. The number of ether oxygens (including phenoxy) is 3. The smallest absolute Gasteiger partial charge is 0.326 e. The number of aliphatic carboxylic acids is 1. The van der Waals surface area contributed by atoms with Gasteiger partial charge in [0.15, 0.2) is 23.7 Å². The number of aliphatic hydroxyl groups is 1. The quantitative estimate of drug-likeness (QED) is 0.353. The second-order valence-corrected chi connectivity index (χ2v) is 10.4. The molecule has 4 aliphatic rings. The number of carbonyl (C=O) groups is 4. The second-order valence-electron chi connectivity index (χ2n) is 10.4. The van der Waals surface area contributed by atoms with Crippen LogP contribution in [-0.4, -0.2) is 87.5 Å². The third-order valence-corrected chi connectivity index (χ3v) is 8.28. The van der Waals surface area contributed by atoms with Crippen molar-refractivity contribution < 1.29 is 48.7 Å². The number of likely N-dealkylation sites (N-methyl/N-ethyl adjacent to an activating group) is 1. The molecule has 2 bridgehead atoms. The van der Waals surface area contributed by atoms with Gasteiger partial charge in [0.05, 0.1) is 17.4 Å². The summed E-state index contributed by atoms with van der Waals surface area (Å²) < 4.78 is 16.6. The van der Waals surface area contributed by atoms with Gasteiger partial charge in [-0.05, 0) is 51.1 Å². The maximum atomic E-state index is 12.9. The van der Waals surface area contributed by atoms with Crippen LogP contribution >= 0.6 is 0 Å². The van der Waals surface area contributed by atoms with E-state index >= 15 is 0 Å². The van der Waals surface area contributed by atoms with Gasteiger partial charge in [-0.25, -0.2) is 4.79 Å². The summed E-state index contributed by atoms with van der Waals surface area (Å²) in [4.78, 5) is 50.1. The van der Waals surface area contributed by atoms with Crippen molar-refractivity contribution in [2.24, 2.45) is 0 Å². The SMILES string of the molecule is CC(=O)OC(C)C(=O)NC(CC(=O)OC1=CC[C@@]2(O)[C@H]3Cc4ccc(O)c5c4[C@@]2(CCN3C)[C@H]1O5)C(=O)O. The summed E-state index contributed by atoms with van der Waals surface area (Å²) in [5, 5.41) is 34.4. The van der Waals surface area contributed by atoms with Gasteiger partial charge in [0.2, 0.25) is 0 Å². The van der Waals surface area contributed by atoms with Crippen LogP contribution in [0.5, 0.6) is 11.5 Å². The van der Waals surface area contributed by atoms with E-state index in [0.29, 0.717) is 19.4 Å². The Kier molecular flexibility index (Phi) is 6.14. The molecular formula is C26H30N2O10. The number of benzene rings is 1. The highest BCUT2D eigenvalue weighted by Crippen LogP contribution is 2.65. The lowest BCUT2D eigenvalue weighted by atomic mass is 9.50. The highest BCUT2D eigenvalue weighted by molar-refractivity contribution is 5.89. The Balaban J connectivity index is 1.40. The van der Waals surface area contributed by atoms with Crippen LogP contribution in [0.3, 0.4) is 0 Å². The Morgan fingerprint density at radius 1 is 1.29 bits per heavy atom. The molecule has 12 heteroatoms. The van der Waals surface area contributed by atoms with Crippen molar-refractivity contribution in [3.63, 3.8) is 0 Å². The van der Waals surface area contributed by atoms with Gasteiger partial charge in [0.25, 0.3) is 5.91 Å². The lowest BCUT2D eigenvalue weighted by Gasteiger charge is -2.61. The van der Waals surface area contributed by atoms with E-state index in [1.54, 1.807) is 12.1 Å². The number of carbonyl (C=O) groups excluding carboxylic acids is 3. The highest BCUT2D eigenvalue weighted by Gasteiger charge is 2.72. The lowest BCUT2D eigenvalue weighted by Crippen LogP contribution is -2.74. The molecule has 0 aromatic heterocycles. The molecule has 2 aliphatic carbocycles. The largest absolute Gasteiger partial charge is 0.504 e. The van der Waals surface area contributed by atoms with E-state index in [2.05, 4.69) is 10.2 Å². The fourth-order valence-corrected chi connectivity index (χ4v) is 6.57. The van der Waals surface area contributed by atoms with E-state index in [1.165, 1.54) is 6.92 Å². The summed E-state index contributed by atoms with van der Waals surface area (Å²) in [7, 11) is 1.95. The van der Waals surface area contributed by atoms with E-state index in [0.717, 1.165) is 18.1 Å². The van der Waals surface area contributed by atoms with Crippen LogP contribution in [0.15, 0.2) is 24.0 Å². The summed E-state index contributed by atoms with van der Waals surface area (Å²) in [5.74, 6) is -3.70. The maximum absolute atomic E-state index is 12.9. The van der Waals surface area contributed by atoms with Gasteiger partial charge in [-0.15, -0.1) is 0 Å². The first kappa shape index (κ1) is 26.0. The number of hydrogen-bond donors (Lipinski definition) is 4. The third kappa shape index (κ3) is 3.73. The molecule has 5 rings (SSSR count). The van der Waals surface area contributed by atoms with Crippen molar-refractivity contribution in [2.75, 3.05) is 13.6 Å². The molecule has 4 N–H and O–H groups in total. The molecule has 204 valence electrons. The number of nitrogens with one attached hydrogen (secondary N) is 1. The normalized spacial score (nSPS) is 30.2. The molecule has 0 saturated carbocycles. The van der Waals surface area contributed by atoms with E-state index in [-0.39, 0.29) is 29.7 Å². The number of hydrogen-bond acceptors (Lipinski definition) is 10. The van der Waals surface area contributed by atoms with Crippen molar-refractivity contribution in [1.82, 2.24) is 10.2 Å². The standard InChI is InChI=1S/C26H30N2O10/c1-12(36-13(2)29)23(32)27-15(24(33)34)11-19(31)37-17-6-7-26(35)18-10-14-4-5-16(30)21-20(14)25(26,22(17)38-21)8-9-28(18)3/h4-6,12,15,18,22,30,35H,7-11H2,1-3H3,(H,27,32)(H,33,34)/t12?,15?,18-,22+,25+,26-/m1/s1. The van der Waals surface area contributed by atoms with Crippen LogP contribution in [0.4, 0.5) is 0 Å². The van der Waals surface area contributed by atoms with Gasteiger partial charge in [-0.3, -0.25) is 14.4 Å². The number of rotatable bonds is 7. The fraction of sp³-hybridized carbons (Fsp3) is 0.538. The predicted molar refractivity (Wildman–Crippen MR) is 128 cm³/mol. The molecule has 2 heterocycles. The van der Waals surface area contributed by atoms with Gasteiger partial charge in [0, 0.05) is 24.9 Å². The molecule has 1 saturated heterocycles. The first-order chi connectivity index (χ1) is 17.9. The topological polar surface area (TPSA) is 172 Å². The number of aromatic hydroxyl groups is 1. The second kappa shape index (κ2) is 8.98. The molecule has 6 atom stereocenters. The fourth-order valence-electron chi connectivity index (χ4n) is 6.57. The molecular weight excluding hydrogens is 500 g/mol. The molecule has 1 aromatic carbocycles. The predicted octanol–water partition coefficient (Wildman–Crippen LogP) is 0.124. The number of phenolic OH excluding ortho intramolecular Hbond substituents is 1. The number of nitrogens with zero attached hydrogens (tertiary/aromatic N) is 1. The Morgan fingerprint density at radius 3 is 2.71 bits per heavy atom. The number of phenols is 1. The zero-order valence-corrected chi connectivity index (χ0v) is 21.2. The van der Waals surface area contributed by atoms with Crippen LogP contribution in [0, 0.1) is 0 Å². The summed E-state index contributed by atoms with van der Waals surface area (Å²) in [5.41, 5.74) is -0.525. The lowest BCUT2D eigenvalue weighted by molar-refractivity contribution is -0.170. The molecule has 1 fully saturated rings. The van der Waals surface area contributed by atoms with Crippen LogP contribution in [0.1, 0.15) is 44.2 Å². The van der Waals surface area contributed by atoms with Gasteiger partial charge in [0.1, 0.15) is 11.8 Å². The third-order valence-electron chi connectivity index (χ3n) is 8.28. The average molecular weight is 531 g/mol. The molecule has 1 amide bonds. The Hall–Kier alpha value is -3.64. The Morgan fingerprint density at radius 2 is 2.03 bits per heavy atom. The first-order valence-electron chi connectivity index (χ1n) is 12.4. The summed E-state index contributed by atoms with van der Waals surface area (Å²) in [6.45, 7) is 3.04. The van der Waals surface area contributed by atoms with Crippen molar-refractivity contribution in [2.45, 2.75) is 74.8 Å². The summed E-state index contributed by atoms with van der Waals surface area (Å²) >= 11 is 0. The minimum Gasteiger partial charge on any atom is -0.504 e. The number of piperidine rings is 1. The van der Waals surface area contributed by atoms with E-state index < -0.39 is 59.5 Å². The summed E-state index contributed by atoms with van der Waals surface area (Å²) in [6, 6.07) is 1.53. The number of esters is 2. The van der Waals surface area contributed by atoms with Crippen LogP contribution in [-0.2, 0) is 40.5 Å². The molecule has 0 radical (unpaired) electrons. The van der Waals surface area contributed by atoms with E-state index in [9.17, 15) is 34.5 Å². The number of carboxylic acids is 1. The van der Waals surface area contributed by atoms with Crippen molar-refractivity contribution in [3.8, 4) is 11.5 Å². The Labute approximate surface area is 218 Å². The van der Waals surface area contributed by atoms with Crippen molar-refractivity contribution in [1.29, 1.82) is 0 Å². The first-order valence-corrected chi connectivity index (χ1v) is 12.4. The average Bonchev–Trinajstić information content (AvgIpc) is 3.20. The zero-order chi connectivity index (χ0) is 27.6. The molecule has 1 aromatic rings. The molecule has 1 spiro atoms. The van der Waals surface area contributed by atoms with Gasteiger partial charge < -0.3 is 39.7 Å². The van der Waals surface area contributed by atoms with Crippen LogP contribution in [0.25, 0.3) is 0 Å². The minimum atomic E-state index is -1.63. The van der Waals surface area contributed by atoms with Crippen molar-refractivity contribution in [3.05, 3.63) is 35.1 Å². The molecule has 2 aliphatic heterocycles. The monoisotopic (exact) mass is 530 g/mol. The molecule has 12 nitrogen and oxygen atoms in total. The van der Waals surface area contributed by atoms with E-state index in [4.69, 9.17) is 14.2 Å². The van der Waals surface area contributed by atoms with Gasteiger partial charge in [-0.1, -0.05) is 6.07 Å².